The first-order valence-electron chi connectivity index (χ1n) is 3.64. The van der Waals surface area contributed by atoms with Crippen LogP contribution in [0.25, 0.3) is 0 Å². The molecule has 0 spiro atoms. The zero-order valence-corrected chi connectivity index (χ0v) is 6.13. The van der Waals surface area contributed by atoms with Gasteiger partial charge in [-0.3, -0.25) is 4.79 Å². The molecule has 0 bridgehead atoms. The second-order valence-corrected chi connectivity index (χ2v) is 2.83. The van der Waals surface area contributed by atoms with Crippen molar-refractivity contribution in [2.45, 2.75) is 25.3 Å². The lowest BCUT2D eigenvalue weighted by atomic mass is 10.1. The zero-order valence-electron chi connectivity index (χ0n) is 6.13. The molecule has 0 heterocycles. The molecule has 2 N–H and O–H groups in total. The van der Waals surface area contributed by atoms with Crippen molar-refractivity contribution in [2.75, 3.05) is 7.05 Å². The highest BCUT2D eigenvalue weighted by atomic mass is 16.4. The summed E-state index contributed by atoms with van der Waals surface area (Å²) in [5.74, 6) is -0.741. The summed E-state index contributed by atoms with van der Waals surface area (Å²) in [5, 5.41) is 11.7. The smallest absolute Gasteiger partial charge is 0.306 e. The summed E-state index contributed by atoms with van der Waals surface area (Å²) < 4.78 is 0. The fourth-order valence-electron chi connectivity index (χ4n) is 1.47. The molecule has 0 saturated heterocycles. The fourth-order valence-corrected chi connectivity index (χ4v) is 1.47. The van der Waals surface area contributed by atoms with Crippen LogP contribution in [0.3, 0.4) is 0 Å². The van der Waals surface area contributed by atoms with E-state index in [1.807, 2.05) is 7.05 Å². The molecule has 0 aromatic heterocycles. The number of carboxylic acids is 1. The molecule has 1 fully saturated rings. The van der Waals surface area contributed by atoms with Gasteiger partial charge in [0, 0.05) is 6.04 Å². The van der Waals surface area contributed by atoms with Gasteiger partial charge in [0.2, 0.25) is 0 Å². The number of hydrogen-bond acceptors (Lipinski definition) is 2. The molecule has 1 saturated carbocycles. The van der Waals surface area contributed by atoms with E-state index in [1.165, 1.54) is 0 Å². The largest absolute Gasteiger partial charge is 0.481 e. The Bertz CT molecular complexity index is 136. The van der Waals surface area contributed by atoms with Crippen LogP contribution >= 0.6 is 0 Å². The van der Waals surface area contributed by atoms with Gasteiger partial charge in [0.25, 0.3) is 0 Å². The number of nitrogens with one attached hydrogen (secondary N) is 1. The maximum absolute atomic E-state index is 10.4. The predicted molar refractivity (Wildman–Crippen MR) is 37.8 cm³/mol. The summed E-state index contributed by atoms with van der Waals surface area (Å²) in [5.41, 5.74) is 0. The van der Waals surface area contributed by atoms with Gasteiger partial charge < -0.3 is 10.4 Å². The lowest BCUT2D eigenvalue weighted by Crippen LogP contribution is -2.22. The molecule has 10 heavy (non-hydrogen) atoms. The van der Waals surface area contributed by atoms with Crippen molar-refractivity contribution in [1.82, 2.24) is 5.32 Å². The van der Waals surface area contributed by atoms with E-state index < -0.39 is 5.97 Å². The molecular formula is C7H13NO2. The van der Waals surface area contributed by atoms with E-state index in [-0.39, 0.29) is 5.92 Å². The lowest BCUT2D eigenvalue weighted by molar-refractivity contribution is -0.141. The molecule has 0 unspecified atom stereocenters. The van der Waals surface area contributed by atoms with Gasteiger partial charge in [-0.25, -0.2) is 0 Å². The number of carboxylic acid groups (broad SMARTS) is 1. The summed E-state index contributed by atoms with van der Waals surface area (Å²) in [6, 6.07) is 0.432. The first kappa shape index (κ1) is 7.54. The maximum Gasteiger partial charge on any atom is 0.306 e. The highest BCUT2D eigenvalue weighted by molar-refractivity contribution is 5.70. The van der Waals surface area contributed by atoms with Gasteiger partial charge in [-0.2, -0.15) is 0 Å². The van der Waals surface area contributed by atoms with E-state index in [9.17, 15) is 4.79 Å². The van der Waals surface area contributed by atoms with Crippen LogP contribution < -0.4 is 5.32 Å². The molecule has 1 aliphatic rings. The van der Waals surface area contributed by atoms with Gasteiger partial charge in [-0.1, -0.05) is 0 Å². The Morgan fingerprint density at radius 2 is 2.30 bits per heavy atom. The van der Waals surface area contributed by atoms with Gasteiger partial charge in [0.05, 0.1) is 5.92 Å². The molecule has 3 nitrogen and oxygen atoms in total. The average molecular weight is 143 g/mol. The molecule has 0 amide bonds. The van der Waals surface area contributed by atoms with Crippen LogP contribution in [0.1, 0.15) is 19.3 Å². The van der Waals surface area contributed by atoms with Crippen LogP contribution in [0, 0.1) is 5.92 Å². The Labute approximate surface area is 60.4 Å². The van der Waals surface area contributed by atoms with Gasteiger partial charge in [0.15, 0.2) is 0 Å². The molecule has 0 aliphatic heterocycles. The summed E-state index contributed by atoms with van der Waals surface area (Å²) in [4.78, 5) is 10.4. The molecule has 0 aromatic carbocycles. The molecule has 1 aliphatic carbocycles. The first-order chi connectivity index (χ1) is 4.74. The Balaban J connectivity index is 2.35. The first-order valence-corrected chi connectivity index (χ1v) is 3.64. The van der Waals surface area contributed by atoms with Crippen LogP contribution in [0.15, 0.2) is 0 Å². The van der Waals surface area contributed by atoms with Crippen LogP contribution in [0.4, 0.5) is 0 Å². The summed E-state index contributed by atoms with van der Waals surface area (Å²) in [6.45, 7) is 0. The van der Waals surface area contributed by atoms with E-state index in [0.29, 0.717) is 6.04 Å². The van der Waals surface area contributed by atoms with Crippen molar-refractivity contribution in [1.29, 1.82) is 0 Å². The normalized spacial score (nSPS) is 32.5. The van der Waals surface area contributed by atoms with Gasteiger partial charge in [0.1, 0.15) is 0 Å². The molecule has 2 atom stereocenters. The number of hydrogen-bond donors (Lipinski definition) is 2. The highest BCUT2D eigenvalue weighted by Crippen LogP contribution is 2.24. The highest BCUT2D eigenvalue weighted by Gasteiger charge is 2.28. The standard InChI is InChI=1S/C7H13NO2/c1-8-6-3-2-5(4-6)7(9)10/h5-6,8H,2-4H2,1H3,(H,9,10)/t5-,6-/m1/s1. The second-order valence-electron chi connectivity index (χ2n) is 2.83. The van der Waals surface area contributed by atoms with Crippen molar-refractivity contribution < 1.29 is 9.90 Å². The van der Waals surface area contributed by atoms with Crippen molar-refractivity contribution in [3.05, 3.63) is 0 Å². The molecule has 0 radical (unpaired) electrons. The van der Waals surface area contributed by atoms with Gasteiger partial charge >= 0.3 is 5.97 Å². The van der Waals surface area contributed by atoms with Crippen LogP contribution in [0.5, 0.6) is 0 Å². The summed E-state index contributed by atoms with van der Waals surface area (Å²) in [7, 11) is 1.88. The molecular weight excluding hydrogens is 130 g/mol. The van der Waals surface area contributed by atoms with Crippen LogP contribution in [0.2, 0.25) is 0 Å². The lowest BCUT2D eigenvalue weighted by Gasteiger charge is -2.05. The number of aliphatic carboxylic acids is 1. The van der Waals surface area contributed by atoms with Gasteiger partial charge in [-0.15, -0.1) is 0 Å². The average Bonchev–Trinajstić information content (AvgIpc) is 2.34. The number of rotatable bonds is 2. The maximum atomic E-state index is 10.4. The van der Waals surface area contributed by atoms with E-state index in [2.05, 4.69) is 5.32 Å². The van der Waals surface area contributed by atoms with Crippen molar-refractivity contribution >= 4 is 5.97 Å². The van der Waals surface area contributed by atoms with E-state index in [4.69, 9.17) is 5.11 Å². The third kappa shape index (κ3) is 1.48. The quantitative estimate of drug-likeness (QED) is 0.590. The van der Waals surface area contributed by atoms with E-state index in [0.717, 1.165) is 19.3 Å². The third-order valence-corrected chi connectivity index (χ3v) is 2.19. The Hall–Kier alpha value is -0.570. The SMILES string of the molecule is CN[C@@H]1CC[C@@H](C(=O)O)C1. The van der Waals surface area contributed by atoms with Crippen molar-refractivity contribution in [2.24, 2.45) is 5.92 Å². The minimum atomic E-state index is -0.641. The van der Waals surface area contributed by atoms with Gasteiger partial charge in [-0.05, 0) is 26.3 Å². The molecule has 3 heteroatoms. The number of carbonyl (C=O) groups is 1. The summed E-state index contributed by atoms with van der Waals surface area (Å²) >= 11 is 0. The van der Waals surface area contributed by atoms with Crippen LogP contribution in [-0.2, 0) is 4.79 Å². The predicted octanol–water partition coefficient (Wildman–Crippen LogP) is 0.459. The minimum absolute atomic E-state index is 0.0996. The Morgan fingerprint density at radius 1 is 1.60 bits per heavy atom. The fraction of sp³-hybridized carbons (Fsp3) is 0.857. The van der Waals surface area contributed by atoms with Crippen molar-refractivity contribution in [3.8, 4) is 0 Å². The molecule has 0 aromatic rings. The van der Waals surface area contributed by atoms with E-state index >= 15 is 0 Å². The minimum Gasteiger partial charge on any atom is -0.481 e. The topological polar surface area (TPSA) is 49.3 Å². The van der Waals surface area contributed by atoms with E-state index in [1.54, 1.807) is 0 Å². The molecule has 58 valence electrons. The summed E-state index contributed by atoms with van der Waals surface area (Å²) in [6.07, 6.45) is 2.64. The Kier molecular flexibility index (Phi) is 2.27. The monoisotopic (exact) mass is 143 g/mol. The zero-order chi connectivity index (χ0) is 7.56. The third-order valence-electron chi connectivity index (χ3n) is 2.19. The second kappa shape index (κ2) is 3.01. The Morgan fingerprint density at radius 3 is 2.60 bits per heavy atom. The van der Waals surface area contributed by atoms with Crippen LogP contribution in [-0.4, -0.2) is 24.2 Å². The molecule has 1 rings (SSSR count). The van der Waals surface area contributed by atoms with Crippen molar-refractivity contribution in [3.63, 3.8) is 0 Å².